The number of carbonyl (C=O) groups is 2. The van der Waals surface area contributed by atoms with Crippen LogP contribution in [0.3, 0.4) is 0 Å². The molecule has 0 unspecified atom stereocenters. The van der Waals surface area contributed by atoms with Crippen molar-refractivity contribution in [2.75, 3.05) is 12.3 Å². The summed E-state index contributed by atoms with van der Waals surface area (Å²) in [5, 5.41) is 11.3. The van der Waals surface area contributed by atoms with Crippen LogP contribution in [0.2, 0.25) is 0 Å². The number of amides is 1. The molecule has 0 fully saturated rings. The molecule has 0 saturated carbocycles. The summed E-state index contributed by atoms with van der Waals surface area (Å²) in [4.78, 5) is 22.1. The molecule has 1 aromatic carbocycles. The Morgan fingerprint density at radius 1 is 1.20 bits per heavy atom. The molecule has 1 rings (SSSR count). The first kappa shape index (κ1) is 16.2. The van der Waals surface area contributed by atoms with E-state index in [0.717, 1.165) is 0 Å². The van der Waals surface area contributed by atoms with Crippen LogP contribution in [0.5, 0.6) is 0 Å². The van der Waals surface area contributed by atoms with E-state index in [9.17, 15) is 18.0 Å². The molecule has 0 spiro atoms. The fourth-order valence-corrected chi connectivity index (χ4v) is 2.59. The predicted molar refractivity (Wildman–Crippen MR) is 73.3 cm³/mol. The molecular formula is C13H17NO5S. The first-order chi connectivity index (χ1) is 9.22. The van der Waals surface area contributed by atoms with Crippen molar-refractivity contribution in [3.63, 3.8) is 0 Å². The number of benzene rings is 1. The number of carbonyl (C=O) groups excluding carboxylic acids is 1. The third kappa shape index (κ3) is 4.65. The molecule has 0 saturated heterocycles. The summed E-state index contributed by atoms with van der Waals surface area (Å²) in [5.41, 5.74) is -0.00629. The molecule has 20 heavy (non-hydrogen) atoms. The first-order valence-electron chi connectivity index (χ1n) is 6.05. The zero-order valence-electron chi connectivity index (χ0n) is 11.3. The summed E-state index contributed by atoms with van der Waals surface area (Å²) in [6.45, 7) is 4.21. The molecule has 0 bridgehead atoms. The lowest BCUT2D eigenvalue weighted by Crippen LogP contribution is -2.32. The summed E-state index contributed by atoms with van der Waals surface area (Å²) in [6.07, 6.45) is 0. The lowest BCUT2D eigenvalue weighted by Gasteiger charge is -2.08. The molecule has 0 radical (unpaired) electrons. The molecule has 1 amide bonds. The van der Waals surface area contributed by atoms with E-state index in [0.29, 0.717) is 6.54 Å². The Balaban J connectivity index is 2.78. The van der Waals surface area contributed by atoms with Crippen molar-refractivity contribution >= 4 is 21.7 Å². The minimum atomic E-state index is -3.75. The molecule has 0 atom stereocenters. The number of aromatic carboxylic acids is 1. The second-order valence-electron chi connectivity index (χ2n) is 4.79. The maximum absolute atomic E-state index is 12.0. The topological polar surface area (TPSA) is 101 Å². The number of carboxylic acids is 1. The second kappa shape index (κ2) is 6.51. The summed E-state index contributed by atoms with van der Waals surface area (Å²) < 4.78 is 23.9. The van der Waals surface area contributed by atoms with Gasteiger partial charge in [-0.1, -0.05) is 13.8 Å². The smallest absolute Gasteiger partial charge is 0.335 e. The van der Waals surface area contributed by atoms with Crippen molar-refractivity contribution in [1.82, 2.24) is 5.32 Å². The average molecular weight is 299 g/mol. The average Bonchev–Trinajstić information content (AvgIpc) is 2.36. The van der Waals surface area contributed by atoms with E-state index in [1.807, 2.05) is 13.8 Å². The molecule has 110 valence electrons. The van der Waals surface area contributed by atoms with E-state index in [4.69, 9.17) is 5.11 Å². The fraction of sp³-hybridized carbons (Fsp3) is 0.385. The highest BCUT2D eigenvalue weighted by atomic mass is 32.2. The Labute approximate surface area is 117 Å². The number of hydrogen-bond donors (Lipinski definition) is 2. The van der Waals surface area contributed by atoms with Crippen molar-refractivity contribution in [2.24, 2.45) is 5.92 Å². The third-order valence-corrected chi connectivity index (χ3v) is 4.12. The van der Waals surface area contributed by atoms with Gasteiger partial charge in [-0.25, -0.2) is 13.2 Å². The first-order valence-corrected chi connectivity index (χ1v) is 7.70. The highest BCUT2D eigenvalue weighted by Gasteiger charge is 2.19. The quantitative estimate of drug-likeness (QED) is 0.814. The van der Waals surface area contributed by atoms with Gasteiger partial charge in [0.25, 0.3) is 0 Å². The van der Waals surface area contributed by atoms with Crippen molar-refractivity contribution in [2.45, 2.75) is 18.7 Å². The minimum absolute atomic E-state index is 0.00629. The largest absolute Gasteiger partial charge is 0.478 e. The Morgan fingerprint density at radius 3 is 2.20 bits per heavy atom. The summed E-state index contributed by atoms with van der Waals surface area (Å²) in [5.74, 6) is -2.12. The second-order valence-corrected chi connectivity index (χ2v) is 6.78. The van der Waals surface area contributed by atoms with Crippen LogP contribution in [0.1, 0.15) is 24.2 Å². The van der Waals surface area contributed by atoms with E-state index >= 15 is 0 Å². The van der Waals surface area contributed by atoms with Crippen molar-refractivity contribution in [1.29, 1.82) is 0 Å². The van der Waals surface area contributed by atoms with Crippen LogP contribution in [0, 0.1) is 5.92 Å². The summed E-state index contributed by atoms with van der Waals surface area (Å²) >= 11 is 0. The number of hydrogen-bond acceptors (Lipinski definition) is 4. The zero-order chi connectivity index (χ0) is 15.3. The SMILES string of the molecule is CC(C)CNC(=O)CS(=O)(=O)c1ccc(C(=O)O)cc1. The van der Waals surface area contributed by atoms with Crippen LogP contribution in [0.25, 0.3) is 0 Å². The summed E-state index contributed by atoms with van der Waals surface area (Å²) in [7, 11) is -3.75. The van der Waals surface area contributed by atoms with Gasteiger partial charge in [-0.05, 0) is 30.2 Å². The highest BCUT2D eigenvalue weighted by molar-refractivity contribution is 7.92. The molecule has 0 aliphatic heterocycles. The maximum atomic E-state index is 12.0. The van der Waals surface area contributed by atoms with Gasteiger partial charge >= 0.3 is 5.97 Å². The van der Waals surface area contributed by atoms with Gasteiger partial charge in [0.2, 0.25) is 5.91 Å². The van der Waals surface area contributed by atoms with Crippen molar-refractivity contribution in [3.8, 4) is 0 Å². The number of carboxylic acid groups (broad SMARTS) is 1. The normalized spacial score (nSPS) is 11.3. The Morgan fingerprint density at radius 2 is 1.75 bits per heavy atom. The van der Waals surface area contributed by atoms with Crippen molar-refractivity contribution < 1.29 is 23.1 Å². The fourth-order valence-electron chi connectivity index (χ4n) is 1.43. The predicted octanol–water partition coefficient (Wildman–Crippen LogP) is 0.931. The van der Waals surface area contributed by atoms with Crippen LogP contribution in [0.15, 0.2) is 29.2 Å². The maximum Gasteiger partial charge on any atom is 0.335 e. The molecule has 0 heterocycles. The Hall–Kier alpha value is -1.89. The van der Waals surface area contributed by atoms with Gasteiger partial charge in [0.15, 0.2) is 9.84 Å². The molecule has 0 aromatic heterocycles. The lowest BCUT2D eigenvalue weighted by molar-refractivity contribution is -0.118. The third-order valence-electron chi connectivity index (χ3n) is 2.49. The van der Waals surface area contributed by atoms with Crippen LogP contribution in [-0.4, -0.2) is 37.7 Å². The van der Waals surface area contributed by atoms with E-state index in [1.165, 1.54) is 24.3 Å². The van der Waals surface area contributed by atoms with Gasteiger partial charge in [0.05, 0.1) is 10.5 Å². The van der Waals surface area contributed by atoms with E-state index < -0.39 is 27.5 Å². The Bertz CT molecular complexity index is 590. The number of sulfone groups is 1. The monoisotopic (exact) mass is 299 g/mol. The molecule has 7 heteroatoms. The van der Waals surface area contributed by atoms with Crippen LogP contribution >= 0.6 is 0 Å². The van der Waals surface area contributed by atoms with Crippen LogP contribution in [0.4, 0.5) is 0 Å². The summed E-state index contributed by atoms with van der Waals surface area (Å²) in [6, 6.07) is 4.77. The molecule has 2 N–H and O–H groups in total. The van der Waals surface area contributed by atoms with Gasteiger partial charge in [-0.3, -0.25) is 4.79 Å². The van der Waals surface area contributed by atoms with E-state index in [-0.39, 0.29) is 16.4 Å². The van der Waals surface area contributed by atoms with Gasteiger partial charge in [0, 0.05) is 6.54 Å². The Kier molecular flexibility index (Phi) is 5.26. The highest BCUT2D eigenvalue weighted by Crippen LogP contribution is 2.12. The number of rotatable bonds is 6. The lowest BCUT2D eigenvalue weighted by atomic mass is 10.2. The number of nitrogens with one attached hydrogen (secondary N) is 1. The molecule has 1 aromatic rings. The van der Waals surface area contributed by atoms with Crippen LogP contribution < -0.4 is 5.32 Å². The van der Waals surface area contributed by atoms with Gasteiger partial charge in [-0.2, -0.15) is 0 Å². The standard InChI is InChI=1S/C13H17NO5S/c1-9(2)7-14-12(15)8-20(18,19)11-5-3-10(4-6-11)13(16)17/h3-6,9H,7-8H2,1-2H3,(H,14,15)(H,16,17). The van der Waals surface area contributed by atoms with E-state index in [2.05, 4.69) is 5.32 Å². The van der Waals surface area contributed by atoms with Gasteiger partial charge in [0.1, 0.15) is 5.75 Å². The van der Waals surface area contributed by atoms with Gasteiger partial charge < -0.3 is 10.4 Å². The zero-order valence-corrected chi connectivity index (χ0v) is 12.1. The van der Waals surface area contributed by atoms with Crippen LogP contribution in [-0.2, 0) is 14.6 Å². The van der Waals surface area contributed by atoms with Crippen molar-refractivity contribution in [3.05, 3.63) is 29.8 Å². The minimum Gasteiger partial charge on any atom is -0.478 e. The van der Waals surface area contributed by atoms with E-state index in [1.54, 1.807) is 0 Å². The molecular weight excluding hydrogens is 282 g/mol. The molecule has 6 nitrogen and oxygen atoms in total. The molecule has 0 aliphatic rings. The molecule has 0 aliphatic carbocycles. The van der Waals surface area contributed by atoms with Gasteiger partial charge in [-0.15, -0.1) is 0 Å².